The normalized spacial score (nSPS) is 10.3. The summed E-state index contributed by atoms with van der Waals surface area (Å²) in [4.78, 5) is 11.9. The van der Waals surface area contributed by atoms with Gasteiger partial charge in [-0.2, -0.15) is 0 Å². The van der Waals surface area contributed by atoms with Crippen LogP contribution in [0, 0.1) is 0 Å². The second-order valence-electron chi connectivity index (χ2n) is 3.94. The van der Waals surface area contributed by atoms with E-state index in [9.17, 15) is 4.79 Å². The van der Waals surface area contributed by atoms with Gasteiger partial charge < -0.3 is 5.32 Å². The molecule has 2 rings (SSSR count). The van der Waals surface area contributed by atoms with E-state index in [1.807, 2.05) is 0 Å². The van der Waals surface area contributed by atoms with Crippen LogP contribution in [-0.2, 0) is 11.2 Å². The quantitative estimate of drug-likeness (QED) is 0.864. The van der Waals surface area contributed by atoms with E-state index in [0.29, 0.717) is 20.8 Å². The number of benzene rings is 2. The van der Waals surface area contributed by atoms with Crippen molar-refractivity contribution in [2.75, 3.05) is 5.32 Å². The Morgan fingerprint density at radius 3 is 2.42 bits per heavy atom. The first-order valence-electron chi connectivity index (χ1n) is 5.54. The molecule has 1 amide bonds. The molecule has 2 aromatic rings. The predicted molar refractivity (Wildman–Crippen MR) is 80.2 cm³/mol. The van der Waals surface area contributed by atoms with Gasteiger partial charge in [0.05, 0.1) is 17.1 Å². The smallest absolute Gasteiger partial charge is 0.228 e. The number of amides is 1. The zero-order valence-corrected chi connectivity index (χ0v) is 12.1. The minimum Gasteiger partial charge on any atom is -0.324 e. The summed E-state index contributed by atoms with van der Waals surface area (Å²) < 4.78 is 0. The van der Waals surface area contributed by atoms with Crippen molar-refractivity contribution in [3.63, 3.8) is 0 Å². The first kappa shape index (κ1) is 14.2. The van der Waals surface area contributed by atoms with E-state index in [4.69, 9.17) is 34.8 Å². The van der Waals surface area contributed by atoms with Crippen LogP contribution in [0.25, 0.3) is 0 Å². The number of rotatable bonds is 3. The molecule has 0 unspecified atom stereocenters. The number of anilines is 1. The van der Waals surface area contributed by atoms with Gasteiger partial charge in [0.2, 0.25) is 5.91 Å². The molecule has 0 aliphatic carbocycles. The number of hydrogen-bond acceptors (Lipinski definition) is 1. The van der Waals surface area contributed by atoms with Crippen molar-refractivity contribution in [1.29, 1.82) is 0 Å². The Balaban J connectivity index is 2.08. The van der Waals surface area contributed by atoms with Gasteiger partial charge in [0, 0.05) is 10.0 Å². The average Bonchev–Trinajstić information content (AvgIpc) is 2.36. The highest BCUT2D eigenvalue weighted by molar-refractivity contribution is 6.35. The van der Waals surface area contributed by atoms with Crippen LogP contribution in [0.4, 0.5) is 5.69 Å². The van der Waals surface area contributed by atoms with Crippen LogP contribution < -0.4 is 5.32 Å². The maximum Gasteiger partial charge on any atom is 0.228 e. The summed E-state index contributed by atoms with van der Waals surface area (Å²) in [6.07, 6.45) is 0.168. The summed E-state index contributed by atoms with van der Waals surface area (Å²) >= 11 is 17.8. The summed E-state index contributed by atoms with van der Waals surface area (Å²) in [5.41, 5.74) is 1.30. The number of halogens is 3. The maximum atomic E-state index is 11.9. The standard InChI is InChI=1S/C14H10Cl3NO/c15-10-6-5-9(12(17)8-10)7-14(19)18-13-4-2-1-3-11(13)16/h1-6,8H,7H2,(H,18,19). The molecular formula is C14H10Cl3NO. The van der Waals surface area contributed by atoms with Gasteiger partial charge in [0.1, 0.15) is 0 Å². The van der Waals surface area contributed by atoms with E-state index in [0.717, 1.165) is 5.56 Å². The van der Waals surface area contributed by atoms with Gasteiger partial charge in [-0.25, -0.2) is 0 Å². The maximum absolute atomic E-state index is 11.9. The highest BCUT2D eigenvalue weighted by Gasteiger charge is 2.09. The van der Waals surface area contributed by atoms with E-state index >= 15 is 0 Å². The first-order chi connectivity index (χ1) is 9.06. The fourth-order valence-corrected chi connectivity index (χ4v) is 2.25. The lowest BCUT2D eigenvalue weighted by Crippen LogP contribution is -2.14. The molecule has 5 heteroatoms. The molecule has 0 bridgehead atoms. The molecule has 0 fully saturated rings. The van der Waals surface area contributed by atoms with Gasteiger partial charge in [0.15, 0.2) is 0 Å². The molecule has 1 N–H and O–H groups in total. The first-order valence-corrected chi connectivity index (χ1v) is 6.68. The van der Waals surface area contributed by atoms with Crippen LogP contribution >= 0.6 is 34.8 Å². The van der Waals surface area contributed by atoms with Crippen molar-refractivity contribution in [3.05, 3.63) is 63.1 Å². The molecular weight excluding hydrogens is 305 g/mol. The third-order valence-corrected chi connectivity index (χ3v) is 3.43. The number of hydrogen-bond donors (Lipinski definition) is 1. The largest absolute Gasteiger partial charge is 0.324 e. The molecule has 0 saturated heterocycles. The minimum atomic E-state index is -0.183. The van der Waals surface area contributed by atoms with Crippen LogP contribution in [-0.4, -0.2) is 5.91 Å². The highest BCUT2D eigenvalue weighted by atomic mass is 35.5. The van der Waals surface area contributed by atoms with Gasteiger partial charge in [-0.05, 0) is 29.8 Å². The fourth-order valence-electron chi connectivity index (χ4n) is 1.60. The Morgan fingerprint density at radius 2 is 1.74 bits per heavy atom. The number of para-hydroxylation sites is 1. The monoisotopic (exact) mass is 313 g/mol. The lowest BCUT2D eigenvalue weighted by atomic mass is 10.1. The minimum absolute atomic E-state index is 0.168. The molecule has 0 atom stereocenters. The van der Waals surface area contributed by atoms with E-state index < -0.39 is 0 Å². The van der Waals surface area contributed by atoms with Crippen molar-refractivity contribution >= 4 is 46.4 Å². The Hall–Kier alpha value is -1.22. The van der Waals surface area contributed by atoms with E-state index in [1.54, 1.807) is 42.5 Å². The summed E-state index contributed by atoms with van der Waals surface area (Å²) in [6, 6.07) is 12.1. The van der Waals surface area contributed by atoms with Crippen molar-refractivity contribution in [3.8, 4) is 0 Å². The van der Waals surface area contributed by atoms with Crippen LogP contribution in [0.3, 0.4) is 0 Å². The lowest BCUT2D eigenvalue weighted by molar-refractivity contribution is -0.115. The van der Waals surface area contributed by atoms with Gasteiger partial charge in [0.25, 0.3) is 0 Å². The summed E-state index contributed by atoms with van der Waals surface area (Å²) in [6.45, 7) is 0. The summed E-state index contributed by atoms with van der Waals surface area (Å²) in [5.74, 6) is -0.183. The zero-order chi connectivity index (χ0) is 13.8. The number of carbonyl (C=O) groups is 1. The topological polar surface area (TPSA) is 29.1 Å². The Labute approximate surface area is 126 Å². The van der Waals surface area contributed by atoms with Gasteiger partial charge >= 0.3 is 0 Å². The SMILES string of the molecule is O=C(Cc1ccc(Cl)cc1Cl)Nc1ccccc1Cl. The molecule has 19 heavy (non-hydrogen) atoms. The molecule has 2 aromatic carbocycles. The molecule has 0 saturated carbocycles. The molecule has 98 valence electrons. The number of carbonyl (C=O) groups excluding carboxylic acids is 1. The molecule has 0 spiro atoms. The van der Waals surface area contributed by atoms with Gasteiger partial charge in [-0.1, -0.05) is 53.0 Å². The summed E-state index contributed by atoms with van der Waals surface area (Å²) in [5, 5.41) is 4.25. The Bertz CT molecular complexity index is 613. The van der Waals surface area contributed by atoms with E-state index in [2.05, 4.69) is 5.32 Å². The second-order valence-corrected chi connectivity index (χ2v) is 5.19. The molecule has 0 aliphatic rings. The highest BCUT2D eigenvalue weighted by Crippen LogP contribution is 2.23. The van der Waals surface area contributed by atoms with Crippen LogP contribution in [0.15, 0.2) is 42.5 Å². The molecule has 0 aromatic heterocycles. The average molecular weight is 315 g/mol. The zero-order valence-electron chi connectivity index (χ0n) is 9.79. The van der Waals surface area contributed by atoms with Crippen molar-refractivity contribution < 1.29 is 4.79 Å². The van der Waals surface area contributed by atoms with Crippen molar-refractivity contribution in [1.82, 2.24) is 0 Å². The van der Waals surface area contributed by atoms with E-state index in [-0.39, 0.29) is 12.3 Å². The van der Waals surface area contributed by atoms with Crippen molar-refractivity contribution in [2.45, 2.75) is 6.42 Å². The van der Waals surface area contributed by atoms with Crippen molar-refractivity contribution in [2.24, 2.45) is 0 Å². The second kappa shape index (κ2) is 6.29. The fraction of sp³-hybridized carbons (Fsp3) is 0.0714. The lowest BCUT2D eigenvalue weighted by Gasteiger charge is -2.08. The molecule has 0 aliphatic heterocycles. The Kier molecular flexibility index (Phi) is 4.70. The molecule has 0 heterocycles. The molecule has 2 nitrogen and oxygen atoms in total. The van der Waals surface area contributed by atoms with Crippen LogP contribution in [0.5, 0.6) is 0 Å². The Morgan fingerprint density at radius 1 is 1.00 bits per heavy atom. The van der Waals surface area contributed by atoms with Crippen LogP contribution in [0.2, 0.25) is 15.1 Å². The predicted octanol–water partition coefficient (Wildman–Crippen LogP) is 4.83. The van der Waals surface area contributed by atoms with Gasteiger partial charge in [-0.15, -0.1) is 0 Å². The van der Waals surface area contributed by atoms with E-state index in [1.165, 1.54) is 0 Å². The third-order valence-electron chi connectivity index (χ3n) is 2.51. The third kappa shape index (κ3) is 3.87. The summed E-state index contributed by atoms with van der Waals surface area (Å²) in [7, 11) is 0. The van der Waals surface area contributed by atoms with Crippen LogP contribution in [0.1, 0.15) is 5.56 Å². The molecule has 0 radical (unpaired) electrons. The number of nitrogens with one attached hydrogen (secondary N) is 1. The van der Waals surface area contributed by atoms with Gasteiger partial charge in [-0.3, -0.25) is 4.79 Å².